The van der Waals surface area contributed by atoms with Crippen LogP contribution in [0.5, 0.6) is 5.88 Å². The topological polar surface area (TPSA) is 94.7 Å². The quantitative estimate of drug-likeness (QED) is 0.564. The summed E-state index contributed by atoms with van der Waals surface area (Å²) in [5.74, 6) is 1.06. The number of nitrogens with zero attached hydrogens (tertiary/aromatic N) is 6. The molecule has 1 aliphatic heterocycles. The number of ether oxygens (including phenoxy) is 2. The molecule has 1 atom stereocenters. The van der Waals surface area contributed by atoms with E-state index < -0.39 is 0 Å². The second-order valence-corrected chi connectivity index (χ2v) is 8.73. The standard InChI is InChI=1S/C18H22N6O3S2/c1-10-7-14(24-17(19-10)21-18(22-24)28-4)27-9-13-8-23(5-6-26-13)16(25)15-11(2)20-12(3)29-15/h7,13H,5-6,8-9H2,1-4H3. The molecular formula is C18H22N6O3S2. The van der Waals surface area contributed by atoms with Crippen molar-refractivity contribution in [3.05, 3.63) is 27.3 Å². The summed E-state index contributed by atoms with van der Waals surface area (Å²) in [5, 5.41) is 5.93. The van der Waals surface area contributed by atoms with Gasteiger partial charge in [-0.05, 0) is 27.0 Å². The second-order valence-electron chi connectivity index (χ2n) is 6.75. The van der Waals surface area contributed by atoms with E-state index in [0.29, 0.717) is 48.0 Å². The van der Waals surface area contributed by atoms with Gasteiger partial charge >= 0.3 is 0 Å². The third kappa shape index (κ3) is 4.21. The zero-order valence-electron chi connectivity index (χ0n) is 16.7. The molecule has 4 rings (SSSR count). The number of aryl methyl sites for hydroxylation is 3. The van der Waals surface area contributed by atoms with Gasteiger partial charge in [-0.25, -0.2) is 9.97 Å². The molecule has 11 heteroatoms. The molecule has 0 aromatic carbocycles. The maximum absolute atomic E-state index is 12.9. The van der Waals surface area contributed by atoms with Crippen LogP contribution in [0.25, 0.3) is 5.78 Å². The largest absolute Gasteiger partial charge is 0.475 e. The number of thiazole rings is 1. The van der Waals surface area contributed by atoms with Crippen molar-refractivity contribution in [2.24, 2.45) is 0 Å². The molecule has 29 heavy (non-hydrogen) atoms. The van der Waals surface area contributed by atoms with E-state index in [-0.39, 0.29) is 12.0 Å². The molecule has 0 saturated carbocycles. The second kappa shape index (κ2) is 8.25. The average molecular weight is 435 g/mol. The van der Waals surface area contributed by atoms with Gasteiger partial charge < -0.3 is 14.4 Å². The number of rotatable bonds is 5. The fourth-order valence-corrected chi connectivity index (χ4v) is 4.41. The molecule has 3 aromatic heterocycles. The zero-order valence-corrected chi connectivity index (χ0v) is 18.3. The fourth-order valence-electron chi connectivity index (χ4n) is 3.18. The van der Waals surface area contributed by atoms with Gasteiger partial charge in [-0.2, -0.15) is 9.50 Å². The number of hydrogen-bond acceptors (Lipinski definition) is 9. The number of carbonyl (C=O) groups is 1. The van der Waals surface area contributed by atoms with E-state index in [1.165, 1.54) is 23.1 Å². The summed E-state index contributed by atoms with van der Waals surface area (Å²) in [6, 6.07) is 1.82. The minimum Gasteiger partial charge on any atom is -0.475 e. The number of fused-ring (bicyclic) bond motifs is 1. The van der Waals surface area contributed by atoms with E-state index in [0.717, 1.165) is 16.4 Å². The molecule has 0 aliphatic carbocycles. The smallest absolute Gasteiger partial charge is 0.266 e. The molecule has 4 heterocycles. The third-order valence-electron chi connectivity index (χ3n) is 4.51. The van der Waals surface area contributed by atoms with Gasteiger partial charge in [-0.15, -0.1) is 16.4 Å². The lowest BCUT2D eigenvalue weighted by atomic mass is 10.2. The van der Waals surface area contributed by atoms with Gasteiger partial charge in [0.1, 0.15) is 17.6 Å². The summed E-state index contributed by atoms with van der Waals surface area (Å²) in [7, 11) is 0. The van der Waals surface area contributed by atoms with Gasteiger partial charge in [0.15, 0.2) is 0 Å². The predicted octanol–water partition coefficient (Wildman–Crippen LogP) is 2.15. The van der Waals surface area contributed by atoms with E-state index in [1.807, 2.05) is 38.0 Å². The minimum absolute atomic E-state index is 0.00411. The highest BCUT2D eigenvalue weighted by atomic mass is 32.2. The normalized spacial score (nSPS) is 17.1. The van der Waals surface area contributed by atoms with Crippen LogP contribution >= 0.6 is 23.1 Å². The summed E-state index contributed by atoms with van der Waals surface area (Å²) in [6.45, 7) is 7.47. The maximum Gasteiger partial charge on any atom is 0.266 e. The van der Waals surface area contributed by atoms with Crippen molar-refractivity contribution >= 4 is 34.8 Å². The summed E-state index contributed by atoms with van der Waals surface area (Å²) in [4.78, 5) is 28.5. The van der Waals surface area contributed by atoms with Crippen LogP contribution in [0.15, 0.2) is 11.2 Å². The lowest BCUT2D eigenvalue weighted by molar-refractivity contribution is -0.0409. The van der Waals surface area contributed by atoms with Crippen molar-refractivity contribution in [2.45, 2.75) is 32.0 Å². The van der Waals surface area contributed by atoms with Gasteiger partial charge in [0.2, 0.25) is 11.0 Å². The maximum atomic E-state index is 12.9. The lowest BCUT2D eigenvalue weighted by Gasteiger charge is -2.32. The van der Waals surface area contributed by atoms with Crippen molar-refractivity contribution in [2.75, 3.05) is 32.6 Å². The van der Waals surface area contributed by atoms with Crippen LogP contribution in [-0.4, -0.2) is 74.0 Å². The van der Waals surface area contributed by atoms with Crippen LogP contribution in [0.2, 0.25) is 0 Å². The molecule has 1 saturated heterocycles. The van der Waals surface area contributed by atoms with Gasteiger partial charge in [0.25, 0.3) is 11.7 Å². The first-order chi connectivity index (χ1) is 13.9. The van der Waals surface area contributed by atoms with E-state index >= 15 is 0 Å². The molecule has 0 N–H and O–H groups in total. The fraction of sp³-hybridized carbons (Fsp3) is 0.500. The minimum atomic E-state index is -0.228. The summed E-state index contributed by atoms with van der Waals surface area (Å²) >= 11 is 2.88. The Labute approximate surface area is 176 Å². The Hall–Kier alpha value is -2.24. The SMILES string of the molecule is CSc1nc2nc(C)cc(OCC3CN(C(=O)c4sc(C)nc4C)CCO3)n2n1. The monoisotopic (exact) mass is 434 g/mol. The van der Waals surface area contributed by atoms with Gasteiger partial charge in [0.05, 0.1) is 23.9 Å². The number of thioether (sulfide) groups is 1. The summed E-state index contributed by atoms with van der Waals surface area (Å²) in [5.41, 5.74) is 1.58. The Morgan fingerprint density at radius 1 is 1.34 bits per heavy atom. The lowest BCUT2D eigenvalue weighted by Crippen LogP contribution is -2.47. The zero-order chi connectivity index (χ0) is 20.5. The molecule has 1 aliphatic rings. The molecule has 0 bridgehead atoms. The third-order valence-corrected chi connectivity index (χ3v) is 6.11. The van der Waals surface area contributed by atoms with Crippen LogP contribution in [-0.2, 0) is 4.74 Å². The number of carbonyl (C=O) groups excluding carboxylic acids is 1. The molecule has 0 radical (unpaired) electrons. The molecular weight excluding hydrogens is 412 g/mol. The Morgan fingerprint density at radius 2 is 2.17 bits per heavy atom. The van der Waals surface area contributed by atoms with Gasteiger partial charge in [-0.1, -0.05) is 11.8 Å². The molecule has 9 nitrogen and oxygen atoms in total. The van der Waals surface area contributed by atoms with E-state index in [2.05, 4.69) is 20.1 Å². The summed E-state index contributed by atoms with van der Waals surface area (Å²) in [6.07, 6.45) is 1.68. The molecule has 1 fully saturated rings. The van der Waals surface area contributed by atoms with Crippen LogP contribution < -0.4 is 4.74 Å². The van der Waals surface area contributed by atoms with Crippen LogP contribution in [0.4, 0.5) is 0 Å². The molecule has 0 spiro atoms. The van der Waals surface area contributed by atoms with Crippen molar-refractivity contribution in [1.29, 1.82) is 0 Å². The number of morpholine rings is 1. The van der Waals surface area contributed by atoms with Crippen molar-refractivity contribution < 1.29 is 14.3 Å². The highest BCUT2D eigenvalue weighted by Gasteiger charge is 2.28. The first-order valence-corrected chi connectivity index (χ1v) is 11.2. The highest BCUT2D eigenvalue weighted by molar-refractivity contribution is 7.98. The molecule has 3 aromatic rings. The molecule has 1 amide bonds. The number of amides is 1. The highest BCUT2D eigenvalue weighted by Crippen LogP contribution is 2.22. The van der Waals surface area contributed by atoms with Crippen LogP contribution in [0, 0.1) is 20.8 Å². The van der Waals surface area contributed by atoms with E-state index in [4.69, 9.17) is 9.47 Å². The Balaban J connectivity index is 1.45. The number of hydrogen-bond donors (Lipinski definition) is 0. The summed E-state index contributed by atoms with van der Waals surface area (Å²) < 4.78 is 13.4. The average Bonchev–Trinajstić information content (AvgIpc) is 3.27. The molecule has 154 valence electrons. The molecule has 1 unspecified atom stereocenters. The Kier molecular flexibility index (Phi) is 5.70. The van der Waals surface area contributed by atoms with Crippen LogP contribution in [0.3, 0.4) is 0 Å². The van der Waals surface area contributed by atoms with Crippen molar-refractivity contribution in [1.82, 2.24) is 29.5 Å². The first kappa shape index (κ1) is 20.0. The van der Waals surface area contributed by atoms with Crippen LogP contribution in [0.1, 0.15) is 26.1 Å². The Morgan fingerprint density at radius 3 is 2.90 bits per heavy atom. The number of aromatic nitrogens is 5. The van der Waals surface area contributed by atoms with Gasteiger partial charge in [-0.3, -0.25) is 4.79 Å². The van der Waals surface area contributed by atoms with Crippen molar-refractivity contribution in [3.63, 3.8) is 0 Å². The first-order valence-electron chi connectivity index (χ1n) is 9.20. The van der Waals surface area contributed by atoms with Crippen molar-refractivity contribution in [3.8, 4) is 5.88 Å². The Bertz CT molecular complexity index is 1050. The van der Waals surface area contributed by atoms with Gasteiger partial charge in [0, 0.05) is 18.3 Å². The van der Waals surface area contributed by atoms with E-state index in [1.54, 1.807) is 4.52 Å². The predicted molar refractivity (Wildman–Crippen MR) is 110 cm³/mol. The van der Waals surface area contributed by atoms with E-state index in [9.17, 15) is 4.79 Å².